The number of carbonyl (C=O) groups is 1. The number of para-hydroxylation sites is 1. The van der Waals surface area contributed by atoms with Crippen molar-refractivity contribution in [1.29, 1.82) is 0 Å². The normalized spacial score (nSPS) is 10.9. The fourth-order valence-corrected chi connectivity index (χ4v) is 0.949. The van der Waals surface area contributed by atoms with Crippen LogP contribution in [0.5, 0.6) is 5.75 Å². The zero-order valence-corrected chi connectivity index (χ0v) is 8.90. The Balaban J connectivity index is 2.54. The lowest BCUT2D eigenvalue weighted by Crippen LogP contribution is -2.05. The van der Waals surface area contributed by atoms with Crippen LogP contribution < -0.4 is 4.74 Å². The van der Waals surface area contributed by atoms with E-state index in [9.17, 15) is 4.79 Å². The second-order valence-electron chi connectivity index (χ2n) is 2.95. The van der Waals surface area contributed by atoms with Gasteiger partial charge in [0.05, 0.1) is 12.2 Å². The number of benzene rings is 1. The maximum atomic E-state index is 11.2. The molecular weight excluding hydrogens is 192 g/mol. The number of rotatable bonds is 4. The molecule has 0 bridgehead atoms. The summed E-state index contributed by atoms with van der Waals surface area (Å²) in [4.78, 5) is 11.2. The number of hydrogen-bond donors (Lipinski definition) is 0. The molecule has 0 radical (unpaired) electrons. The Labute approximate surface area is 89.3 Å². The summed E-state index contributed by atoms with van der Waals surface area (Å²) in [5.41, 5.74) is 0.445. The summed E-state index contributed by atoms with van der Waals surface area (Å²) in [6, 6.07) is 9.25. The topological polar surface area (TPSA) is 35.5 Å². The highest BCUT2D eigenvalue weighted by Crippen LogP contribution is 2.09. The average molecular weight is 206 g/mol. The van der Waals surface area contributed by atoms with E-state index in [0.717, 1.165) is 0 Å². The molecule has 0 unspecified atom stereocenters. The fourth-order valence-electron chi connectivity index (χ4n) is 0.949. The predicted octanol–water partition coefficient (Wildman–Crippen LogP) is 2.53. The molecule has 3 heteroatoms. The zero-order valence-electron chi connectivity index (χ0n) is 8.90. The summed E-state index contributed by atoms with van der Waals surface area (Å²) in [7, 11) is 0. The molecule has 3 nitrogen and oxygen atoms in total. The average Bonchev–Trinajstić information content (AvgIpc) is 2.27. The molecule has 0 amide bonds. The molecule has 1 rings (SSSR count). The highest BCUT2D eigenvalue weighted by atomic mass is 16.5. The third-order valence-corrected chi connectivity index (χ3v) is 1.71. The zero-order chi connectivity index (χ0) is 11.1. The van der Waals surface area contributed by atoms with Crippen molar-refractivity contribution in [2.45, 2.75) is 13.8 Å². The second kappa shape index (κ2) is 5.86. The van der Waals surface area contributed by atoms with E-state index >= 15 is 0 Å². The number of carbonyl (C=O) groups excluding carboxylic acids is 1. The van der Waals surface area contributed by atoms with Crippen LogP contribution in [0.1, 0.15) is 13.8 Å². The molecule has 0 aliphatic heterocycles. The lowest BCUT2D eigenvalue weighted by Gasteiger charge is -2.02. The third-order valence-electron chi connectivity index (χ3n) is 1.71. The number of esters is 1. The van der Waals surface area contributed by atoms with E-state index in [1.54, 1.807) is 13.8 Å². The van der Waals surface area contributed by atoms with Crippen LogP contribution >= 0.6 is 0 Å². The van der Waals surface area contributed by atoms with E-state index in [-0.39, 0.29) is 5.97 Å². The van der Waals surface area contributed by atoms with E-state index in [0.29, 0.717) is 17.9 Å². The van der Waals surface area contributed by atoms with Gasteiger partial charge in [0, 0.05) is 0 Å². The predicted molar refractivity (Wildman–Crippen MR) is 57.5 cm³/mol. The molecule has 1 aromatic rings. The van der Waals surface area contributed by atoms with Gasteiger partial charge in [-0.15, -0.1) is 0 Å². The highest BCUT2D eigenvalue weighted by Gasteiger charge is 2.04. The first kappa shape index (κ1) is 11.3. The molecule has 0 aliphatic rings. The lowest BCUT2D eigenvalue weighted by atomic mass is 10.3. The molecule has 0 N–H and O–H groups in total. The lowest BCUT2D eigenvalue weighted by molar-refractivity contribution is -0.138. The first-order valence-corrected chi connectivity index (χ1v) is 4.79. The van der Waals surface area contributed by atoms with Crippen LogP contribution in [-0.4, -0.2) is 12.6 Å². The molecule has 0 spiro atoms. The van der Waals surface area contributed by atoms with Crippen molar-refractivity contribution in [1.82, 2.24) is 0 Å². The molecule has 0 aliphatic carbocycles. The van der Waals surface area contributed by atoms with Crippen LogP contribution in [-0.2, 0) is 9.53 Å². The standard InChI is InChI=1S/C12H14O3/c1-3-14-12(13)10(2)9-15-11-7-5-4-6-8-11/h4-9H,3H2,1-2H3. The number of ether oxygens (including phenoxy) is 2. The van der Waals surface area contributed by atoms with Crippen molar-refractivity contribution < 1.29 is 14.3 Å². The minimum atomic E-state index is -0.353. The maximum absolute atomic E-state index is 11.2. The van der Waals surface area contributed by atoms with Gasteiger partial charge >= 0.3 is 5.97 Å². The van der Waals surface area contributed by atoms with Gasteiger partial charge in [0.1, 0.15) is 12.0 Å². The maximum Gasteiger partial charge on any atom is 0.336 e. The smallest absolute Gasteiger partial charge is 0.336 e. The SMILES string of the molecule is CCOC(=O)C(C)=COc1ccccc1. The van der Waals surface area contributed by atoms with Crippen LogP contribution in [0.25, 0.3) is 0 Å². The Kier molecular flexibility index (Phi) is 4.41. The van der Waals surface area contributed by atoms with Gasteiger partial charge in [-0.25, -0.2) is 4.79 Å². The Morgan fingerprint density at radius 3 is 2.60 bits per heavy atom. The monoisotopic (exact) mass is 206 g/mol. The molecule has 0 aromatic heterocycles. The summed E-state index contributed by atoms with van der Waals surface area (Å²) in [5, 5.41) is 0. The summed E-state index contributed by atoms with van der Waals surface area (Å²) < 4.78 is 10.1. The van der Waals surface area contributed by atoms with Crippen LogP contribution in [0, 0.1) is 0 Å². The summed E-state index contributed by atoms with van der Waals surface area (Å²) in [6.45, 7) is 3.79. The number of hydrogen-bond acceptors (Lipinski definition) is 3. The Bertz CT molecular complexity index is 341. The largest absolute Gasteiger partial charge is 0.464 e. The third kappa shape index (κ3) is 3.85. The van der Waals surface area contributed by atoms with E-state index in [1.165, 1.54) is 6.26 Å². The molecule has 0 saturated heterocycles. The van der Waals surface area contributed by atoms with E-state index in [1.807, 2.05) is 30.3 Å². The minimum absolute atomic E-state index is 0.353. The van der Waals surface area contributed by atoms with Crippen LogP contribution in [0.4, 0.5) is 0 Å². The molecule has 80 valence electrons. The molecule has 0 saturated carbocycles. The van der Waals surface area contributed by atoms with Crippen LogP contribution in [0.3, 0.4) is 0 Å². The first-order chi connectivity index (χ1) is 7.24. The van der Waals surface area contributed by atoms with Gasteiger partial charge < -0.3 is 9.47 Å². The summed E-state index contributed by atoms with van der Waals surface area (Å²) >= 11 is 0. The summed E-state index contributed by atoms with van der Waals surface area (Å²) in [6.07, 6.45) is 1.40. The Morgan fingerprint density at radius 2 is 2.00 bits per heavy atom. The first-order valence-electron chi connectivity index (χ1n) is 4.79. The minimum Gasteiger partial charge on any atom is -0.464 e. The van der Waals surface area contributed by atoms with Gasteiger partial charge in [0.15, 0.2) is 0 Å². The van der Waals surface area contributed by atoms with Gasteiger partial charge in [-0.1, -0.05) is 18.2 Å². The molecule has 0 heterocycles. The Morgan fingerprint density at radius 1 is 1.33 bits per heavy atom. The Hall–Kier alpha value is -1.77. The molecular formula is C12H14O3. The van der Waals surface area contributed by atoms with E-state index in [4.69, 9.17) is 9.47 Å². The molecule has 0 atom stereocenters. The highest BCUT2D eigenvalue weighted by molar-refractivity contribution is 5.87. The van der Waals surface area contributed by atoms with Gasteiger partial charge in [-0.2, -0.15) is 0 Å². The van der Waals surface area contributed by atoms with Crippen molar-refractivity contribution in [2.24, 2.45) is 0 Å². The van der Waals surface area contributed by atoms with Crippen molar-refractivity contribution in [3.63, 3.8) is 0 Å². The van der Waals surface area contributed by atoms with Gasteiger partial charge in [0.2, 0.25) is 0 Å². The summed E-state index contributed by atoms with van der Waals surface area (Å²) in [5.74, 6) is 0.342. The van der Waals surface area contributed by atoms with E-state index in [2.05, 4.69) is 0 Å². The molecule has 15 heavy (non-hydrogen) atoms. The van der Waals surface area contributed by atoms with Gasteiger partial charge in [-0.05, 0) is 26.0 Å². The van der Waals surface area contributed by atoms with Crippen molar-refractivity contribution in [3.8, 4) is 5.75 Å². The van der Waals surface area contributed by atoms with Crippen molar-refractivity contribution >= 4 is 5.97 Å². The quantitative estimate of drug-likeness (QED) is 0.431. The van der Waals surface area contributed by atoms with E-state index < -0.39 is 0 Å². The van der Waals surface area contributed by atoms with Crippen LogP contribution in [0.15, 0.2) is 42.2 Å². The van der Waals surface area contributed by atoms with Gasteiger partial charge in [0.25, 0.3) is 0 Å². The molecule has 0 fully saturated rings. The second-order valence-corrected chi connectivity index (χ2v) is 2.95. The molecule has 1 aromatic carbocycles. The van der Waals surface area contributed by atoms with Gasteiger partial charge in [-0.3, -0.25) is 0 Å². The van der Waals surface area contributed by atoms with Crippen molar-refractivity contribution in [2.75, 3.05) is 6.61 Å². The van der Waals surface area contributed by atoms with Crippen molar-refractivity contribution in [3.05, 3.63) is 42.2 Å². The van der Waals surface area contributed by atoms with Crippen LogP contribution in [0.2, 0.25) is 0 Å². The fraction of sp³-hybridized carbons (Fsp3) is 0.250.